The van der Waals surface area contributed by atoms with Gasteiger partial charge in [0, 0.05) is 30.8 Å². The highest BCUT2D eigenvalue weighted by atomic mass is 16.5. The Balaban J connectivity index is 1.78. The van der Waals surface area contributed by atoms with Crippen LogP contribution in [-0.4, -0.2) is 22.6 Å². The minimum absolute atomic E-state index is 0.206. The summed E-state index contributed by atoms with van der Waals surface area (Å²) in [7, 11) is 3.36. The number of nitrogens with zero attached hydrogens (tertiary/aromatic N) is 3. The summed E-state index contributed by atoms with van der Waals surface area (Å²) in [6.45, 7) is 1.77. The van der Waals surface area contributed by atoms with Crippen molar-refractivity contribution in [2.24, 2.45) is 12.2 Å². The molecule has 1 aromatic heterocycles. The summed E-state index contributed by atoms with van der Waals surface area (Å²) < 4.78 is 6.67. The largest absolute Gasteiger partial charge is 0.469 e. The first-order valence-corrected chi connectivity index (χ1v) is 9.14. The Kier molecular flexibility index (Phi) is 5.99. The number of esters is 1. The fourth-order valence-electron chi connectivity index (χ4n) is 3.04. The average Bonchev–Trinajstić information content (AvgIpc) is 3.13. The Morgan fingerprint density at radius 1 is 1.11 bits per heavy atom. The van der Waals surface area contributed by atoms with Crippen molar-refractivity contribution in [2.75, 3.05) is 7.11 Å². The van der Waals surface area contributed by atoms with Gasteiger partial charge in [-0.1, -0.05) is 53.7 Å². The molecule has 1 unspecified atom stereocenters. The van der Waals surface area contributed by atoms with Gasteiger partial charge in [0.15, 0.2) is 0 Å². The maximum absolute atomic E-state index is 11.3. The molecule has 144 valence electrons. The van der Waals surface area contributed by atoms with E-state index in [0.717, 1.165) is 33.8 Å². The molecule has 28 heavy (non-hydrogen) atoms. The molecule has 1 atom stereocenters. The van der Waals surface area contributed by atoms with Crippen LogP contribution in [0.4, 0.5) is 0 Å². The van der Waals surface area contributed by atoms with E-state index in [1.165, 1.54) is 7.11 Å². The Hall–Kier alpha value is -3.28. The fourth-order valence-corrected chi connectivity index (χ4v) is 3.04. The lowest BCUT2D eigenvalue weighted by Gasteiger charge is -2.04. The highest BCUT2D eigenvalue weighted by molar-refractivity contribution is 5.69. The second-order valence-corrected chi connectivity index (χ2v) is 6.74. The van der Waals surface area contributed by atoms with Gasteiger partial charge in [-0.2, -0.15) is 4.91 Å². The number of hydrogen-bond donors (Lipinski definition) is 0. The summed E-state index contributed by atoms with van der Waals surface area (Å²) in [5.74, 6) is 0.656. The minimum atomic E-state index is -0.356. The molecule has 0 N–H and O–H groups in total. The van der Waals surface area contributed by atoms with Crippen molar-refractivity contribution in [3.63, 3.8) is 0 Å². The monoisotopic (exact) mass is 377 g/mol. The van der Waals surface area contributed by atoms with Gasteiger partial charge in [0.2, 0.25) is 0 Å². The number of methoxy groups -OCH3 is 1. The molecule has 0 fully saturated rings. The van der Waals surface area contributed by atoms with Crippen molar-refractivity contribution in [1.29, 1.82) is 0 Å². The predicted molar refractivity (Wildman–Crippen MR) is 109 cm³/mol. The van der Waals surface area contributed by atoms with E-state index < -0.39 is 0 Å². The third-order valence-corrected chi connectivity index (χ3v) is 4.78. The number of ether oxygens (including phenoxy) is 1. The van der Waals surface area contributed by atoms with Gasteiger partial charge in [-0.25, -0.2) is 4.98 Å². The SMILES string of the molecule is COC(=O)CCc1ccc(-c2nc(-c3ccc(C(C)N=O)cc3)cn2C)cc1. The number of hydrogen-bond acceptors (Lipinski definition) is 5. The molecule has 0 saturated carbocycles. The molecule has 0 radical (unpaired) electrons. The van der Waals surface area contributed by atoms with Gasteiger partial charge >= 0.3 is 5.97 Å². The Morgan fingerprint density at radius 2 is 1.75 bits per heavy atom. The van der Waals surface area contributed by atoms with Crippen LogP contribution < -0.4 is 0 Å². The van der Waals surface area contributed by atoms with Crippen molar-refractivity contribution >= 4 is 5.97 Å². The maximum atomic E-state index is 11.3. The van der Waals surface area contributed by atoms with Crippen LogP contribution in [0.3, 0.4) is 0 Å². The third-order valence-electron chi connectivity index (χ3n) is 4.78. The summed E-state index contributed by atoms with van der Waals surface area (Å²) in [5, 5.41) is 3.06. The fraction of sp³-hybridized carbons (Fsp3) is 0.273. The number of rotatable bonds is 7. The van der Waals surface area contributed by atoms with Crippen LogP contribution in [0.5, 0.6) is 0 Å². The lowest BCUT2D eigenvalue weighted by Crippen LogP contribution is -2.01. The van der Waals surface area contributed by atoms with Crippen LogP contribution in [0.15, 0.2) is 59.9 Å². The van der Waals surface area contributed by atoms with E-state index in [1.54, 1.807) is 6.92 Å². The van der Waals surface area contributed by atoms with Crippen molar-refractivity contribution in [2.45, 2.75) is 25.8 Å². The molecular formula is C22H23N3O3. The molecule has 6 heteroatoms. The third kappa shape index (κ3) is 4.34. The molecular weight excluding hydrogens is 354 g/mol. The Labute approximate surface area is 164 Å². The topological polar surface area (TPSA) is 73.6 Å². The van der Waals surface area contributed by atoms with Gasteiger partial charge in [0.05, 0.1) is 12.8 Å². The molecule has 3 rings (SSSR count). The number of carbonyl (C=O) groups is 1. The second kappa shape index (κ2) is 8.61. The van der Waals surface area contributed by atoms with E-state index in [-0.39, 0.29) is 12.0 Å². The highest BCUT2D eigenvalue weighted by Crippen LogP contribution is 2.26. The van der Waals surface area contributed by atoms with Gasteiger partial charge < -0.3 is 9.30 Å². The first-order chi connectivity index (χ1) is 13.5. The van der Waals surface area contributed by atoms with Gasteiger partial charge in [0.1, 0.15) is 11.9 Å². The molecule has 0 spiro atoms. The van der Waals surface area contributed by atoms with Gasteiger partial charge in [-0.05, 0) is 24.5 Å². The van der Waals surface area contributed by atoms with Gasteiger partial charge in [-0.15, -0.1) is 0 Å². The molecule has 0 aliphatic rings. The molecule has 2 aromatic carbocycles. The van der Waals surface area contributed by atoms with Crippen LogP contribution in [0.2, 0.25) is 0 Å². The molecule has 0 aliphatic carbocycles. The number of aromatic nitrogens is 2. The number of aryl methyl sites for hydroxylation is 2. The lowest BCUT2D eigenvalue weighted by atomic mass is 10.1. The van der Waals surface area contributed by atoms with Crippen LogP contribution in [0.1, 0.15) is 30.5 Å². The van der Waals surface area contributed by atoms with Crippen LogP contribution >= 0.6 is 0 Å². The molecule has 0 amide bonds. The van der Waals surface area contributed by atoms with E-state index in [9.17, 15) is 9.70 Å². The Bertz CT molecular complexity index is 960. The zero-order valence-electron chi connectivity index (χ0n) is 16.3. The predicted octanol–water partition coefficient (Wildman–Crippen LogP) is 4.69. The maximum Gasteiger partial charge on any atom is 0.305 e. The summed E-state index contributed by atoms with van der Waals surface area (Å²) >= 11 is 0. The standard InChI is InChI=1S/C22H23N3O3/c1-15(24-27)17-9-11-18(12-10-17)20-14-25(2)22(23-20)19-7-4-16(5-8-19)6-13-21(26)28-3/h4-5,7-12,14-15H,6,13H2,1-3H3. The number of nitroso groups, excluding NO2 is 1. The zero-order chi connectivity index (χ0) is 20.1. The van der Waals surface area contributed by atoms with Crippen molar-refractivity contribution < 1.29 is 9.53 Å². The lowest BCUT2D eigenvalue weighted by molar-refractivity contribution is -0.140. The summed E-state index contributed by atoms with van der Waals surface area (Å²) in [6, 6.07) is 15.4. The van der Waals surface area contributed by atoms with Crippen LogP contribution in [-0.2, 0) is 23.0 Å². The number of carbonyl (C=O) groups excluding carboxylic acids is 1. The molecule has 0 aliphatic heterocycles. The summed E-state index contributed by atoms with van der Waals surface area (Å²) in [5.41, 5.74) is 4.82. The van der Waals surface area contributed by atoms with Crippen molar-refractivity contribution in [3.05, 3.63) is 70.8 Å². The smallest absolute Gasteiger partial charge is 0.305 e. The van der Waals surface area contributed by atoms with E-state index in [4.69, 9.17) is 4.98 Å². The average molecular weight is 377 g/mol. The summed E-state index contributed by atoms with van der Waals surface area (Å²) in [4.78, 5) is 26.7. The molecule has 6 nitrogen and oxygen atoms in total. The van der Waals surface area contributed by atoms with Crippen LogP contribution in [0.25, 0.3) is 22.6 Å². The summed E-state index contributed by atoms with van der Waals surface area (Å²) in [6.07, 6.45) is 3.01. The number of benzene rings is 2. The normalized spacial score (nSPS) is 11.8. The molecule has 1 heterocycles. The van der Waals surface area contributed by atoms with Gasteiger partial charge in [0.25, 0.3) is 0 Å². The van der Waals surface area contributed by atoms with Crippen molar-refractivity contribution in [3.8, 4) is 22.6 Å². The van der Waals surface area contributed by atoms with E-state index >= 15 is 0 Å². The van der Waals surface area contributed by atoms with Crippen molar-refractivity contribution in [1.82, 2.24) is 9.55 Å². The first kappa shape index (κ1) is 19.5. The Morgan fingerprint density at radius 3 is 2.36 bits per heavy atom. The second-order valence-electron chi connectivity index (χ2n) is 6.74. The first-order valence-electron chi connectivity index (χ1n) is 9.14. The van der Waals surface area contributed by atoms with E-state index in [0.29, 0.717) is 12.8 Å². The number of imidazole rings is 1. The minimum Gasteiger partial charge on any atom is -0.469 e. The molecule has 3 aromatic rings. The highest BCUT2D eigenvalue weighted by Gasteiger charge is 2.11. The molecule has 0 saturated heterocycles. The quantitative estimate of drug-likeness (QED) is 0.442. The zero-order valence-corrected chi connectivity index (χ0v) is 16.3. The molecule has 0 bridgehead atoms. The van der Waals surface area contributed by atoms with E-state index in [2.05, 4.69) is 9.91 Å². The van der Waals surface area contributed by atoms with E-state index in [1.807, 2.05) is 66.3 Å². The van der Waals surface area contributed by atoms with Crippen LogP contribution in [0, 0.1) is 4.91 Å². The van der Waals surface area contributed by atoms with Gasteiger partial charge in [-0.3, -0.25) is 4.79 Å².